The molecule has 5 rings (SSSR count). The minimum Gasteiger partial charge on any atom is -0.489 e. The summed E-state index contributed by atoms with van der Waals surface area (Å²) in [7, 11) is 0. The number of ether oxygens (including phenoxy) is 3. The Balaban J connectivity index is 0.00000442. The van der Waals surface area contributed by atoms with E-state index in [1.54, 1.807) is 0 Å². The second-order valence-corrected chi connectivity index (χ2v) is 10.9. The average Bonchev–Trinajstić information content (AvgIpc) is 3.07. The van der Waals surface area contributed by atoms with Gasteiger partial charge in [0, 0.05) is 6.04 Å². The molecule has 0 amide bonds. The normalized spacial score (nSPS) is 11.3. The molecule has 0 aromatic heterocycles. The van der Waals surface area contributed by atoms with Gasteiger partial charge in [-0.3, -0.25) is 0 Å². The van der Waals surface area contributed by atoms with E-state index in [1.807, 2.05) is 60.7 Å². The van der Waals surface area contributed by atoms with Crippen LogP contribution < -0.4 is 19.5 Å². The Labute approximate surface area is 268 Å². The third-order valence-electron chi connectivity index (χ3n) is 7.43. The van der Waals surface area contributed by atoms with E-state index in [9.17, 15) is 0 Å². The molecular weight excluding hydrogens is 566 g/mol. The van der Waals surface area contributed by atoms with Gasteiger partial charge in [-0.1, -0.05) is 109 Å². The number of hydrogen-bond donors (Lipinski definition) is 1. The fraction of sp³-hybridized carbons (Fsp3) is 0.231. The first-order valence-electron chi connectivity index (χ1n) is 15.2. The van der Waals surface area contributed by atoms with Gasteiger partial charge >= 0.3 is 0 Å². The number of aryl methyl sites for hydroxylation is 1. The summed E-state index contributed by atoms with van der Waals surface area (Å²) >= 11 is 0. The maximum atomic E-state index is 6.26. The van der Waals surface area contributed by atoms with Gasteiger partial charge in [-0.25, -0.2) is 0 Å². The Morgan fingerprint density at radius 3 is 1.57 bits per heavy atom. The lowest BCUT2D eigenvalue weighted by Gasteiger charge is -2.16. The van der Waals surface area contributed by atoms with Crippen LogP contribution in [-0.4, -0.2) is 12.6 Å². The molecule has 0 saturated carbocycles. The van der Waals surface area contributed by atoms with Gasteiger partial charge in [0.15, 0.2) is 11.5 Å². The van der Waals surface area contributed by atoms with Crippen molar-refractivity contribution < 1.29 is 14.2 Å². The van der Waals surface area contributed by atoms with Crippen molar-refractivity contribution in [2.45, 2.75) is 52.0 Å². The highest BCUT2D eigenvalue weighted by atomic mass is 35.5. The fourth-order valence-corrected chi connectivity index (χ4v) is 4.85. The van der Waals surface area contributed by atoms with Gasteiger partial charge in [-0.05, 0) is 84.8 Å². The van der Waals surface area contributed by atoms with Crippen LogP contribution in [-0.2, 0) is 32.7 Å². The molecule has 0 aliphatic carbocycles. The van der Waals surface area contributed by atoms with E-state index in [4.69, 9.17) is 14.2 Å². The zero-order valence-corrected chi connectivity index (χ0v) is 26.2. The van der Waals surface area contributed by atoms with E-state index < -0.39 is 0 Å². The van der Waals surface area contributed by atoms with E-state index in [0.717, 1.165) is 54.2 Å². The van der Waals surface area contributed by atoms with Crippen LogP contribution in [0, 0.1) is 0 Å². The van der Waals surface area contributed by atoms with Crippen molar-refractivity contribution in [1.82, 2.24) is 5.32 Å². The predicted octanol–water partition coefficient (Wildman–Crippen LogP) is 9.00. The summed E-state index contributed by atoms with van der Waals surface area (Å²) in [6, 6.07) is 45.9. The lowest BCUT2D eigenvalue weighted by Crippen LogP contribution is -2.28. The summed E-state index contributed by atoms with van der Waals surface area (Å²) in [6.45, 7) is 4.75. The first kappa shape index (κ1) is 32.7. The highest BCUT2D eigenvalue weighted by Crippen LogP contribution is 2.30. The summed E-state index contributed by atoms with van der Waals surface area (Å²) in [4.78, 5) is 0. The Bertz CT molecular complexity index is 1500. The highest BCUT2D eigenvalue weighted by molar-refractivity contribution is 5.85. The third kappa shape index (κ3) is 10.8. The predicted molar refractivity (Wildman–Crippen MR) is 182 cm³/mol. The van der Waals surface area contributed by atoms with Crippen LogP contribution in [0.25, 0.3) is 0 Å². The van der Waals surface area contributed by atoms with E-state index in [1.165, 1.54) is 16.7 Å². The minimum absolute atomic E-state index is 0. The first-order chi connectivity index (χ1) is 21.2. The molecule has 0 radical (unpaired) electrons. The maximum Gasteiger partial charge on any atom is 0.161 e. The van der Waals surface area contributed by atoms with Crippen LogP contribution >= 0.6 is 12.4 Å². The molecule has 1 atom stereocenters. The molecular formula is C39H42ClNO3. The smallest absolute Gasteiger partial charge is 0.161 e. The van der Waals surface area contributed by atoms with Gasteiger partial charge in [0.05, 0.1) is 0 Å². The summed E-state index contributed by atoms with van der Waals surface area (Å²) in [5.41, 5.74) is 5.99. The van der Waals surface area contributed by atoms with Gasteiger partial charge in [-0.15, -0.1) is 12.4 Å². The molecule has 0 heterocycles. The largest absolute Gasteiger partial charge is 0.489 e. The number of hydrogen-bond acceptors (Lipinski definition) is 4. The van der Waals surface area contributed by atoms with Crippen molar-refractivity contribution in [1.29, 1.82) is 0 Å². The lowest BCUT2D eigenvalue weighted by molar-refractivity contribution is 0.255. The van der Waals surface area contributed by atoms with E-state index >= 15 is 0 Å². The molecule has 1 unspecified atom stereocenters. The molecule has 0 fully saturated rings. The number of halogens is 1. The van der Waals surface area contributed by atoms with Crippen molar-refractivity contribution in [3.8, 4) is 17.2 Å². The van der Waals surface area contributed by atoms with Crippen LogP contribution in [0.5, 0.6) is 17.2 Å². The van der Waals surface area contributed by atoms with Crippen molar-refractivity contribution in [3.05, 3.63) is 161 Å². The number of rotatable bonds is 16. The van der Waals surface area contributed by atoms with Gasteiger partial charge in [-0.2, -0.15) is 0 Å². The average molecular weight is 608 g/mol. The minimum atomic E-state index is 0. The topological polar surface area (TPSA) is 39.7 Å². The van der Waals surface area contributed by atoms with E-state index in [0.29, 0.717) is 25.9 Å². The van der Waals surface area contributed by atoms with Crippen LogP contribution in [0.2, 0.25) is 0 Å². The standard InChI is InChI=1S/C39H41NO3.ClH/c1-31(17-18-32-19-22-37(23-20-32)41-28-34-11-5-2-6-12-34)40-26-25-33-21-24-38(42-29-35-13-7-3-8-14-35)39(27-33)43-30-36-15-9-4-10-16-36;/h2-16,19-24,27,31,40H,17-18,25-26,28-30H2,1H3;1H. The van der Waals surface area contributed by atoms with Crippen molar-refractivity contribution in [2.24, 2.45) is 0 Å². The van der Waals surface area contributed by atoms with Gasteiger partial charge in [0.25, 0.3) is 0 Å². The van der Waals surface area contributed by atoms with Gasteiger partial charge in [0.1, 0.15) is 25.6 Å². The van der Waals surface area contributed by atoms with Gasteiger partial charge in [0.2, 0.25) is 0 Å². The number of nitrogens with one attached hydrogen (secondary N) is 1. The Morgan fingerprint density at radius 2 is 1.00 bits per heavy atom. The number of benzene rings is 5. The molecule has 0 saturated heterocycles. The summed E-state index contributed by atoms with van der Waals surface area (Å²) in [6.07, 6.45) is 3.01. The fourth-order valence-electron chi connectivity index (χ4n) is 4.85. The molecule has 0 bridgehead atoms. The molecule has 228 valence electrons. The molecule has 5 heteroatoms. The molecule has 1 N–H and O–H groups in total. The zero-order chi connectivity index (χ0) is 29.5. The molecule has 0 aliphatic rings. The second-order valence-electron chi connectivity index (χ2n) is 10.9. The summed E-state index contributed by atoms with van der Waals surface area (Å²) in [5, 5.41) is 3.69. The van der Waals surface area contributed by atoms with E-state index in [-0.39, 0.29) is 12.4 Å². The van der Waals surface area contributed by atoms with E-state index in [2.05, 4.69) is 85.0 Å². The molecule has 5 aromatic rings. The van der Waals surface area contributed by atoms with Crippen molar-refractivity contribution >= 4 is 12.4 Å². The lowest BCUT2D eigenvalue weighted by atomic mass is 10.1. The monoisotopic (exact) mass is 607 g/mol. The second kappa shape index (κ2) is 17.8. The van der Waals surface area contributed by atoms with Gasteiger partial charge < -0.3 is 19.5 Å². The molecule has 0 aliphatic heterocycles. The van der Waals surface area contributed by atoms with Crippen LogP contribution in [0.4, 0.5) is 0 Å². The molecule has 4 nitrogen and oxygen atoms in total. The van der Waals surface area contributed by atoms with Crippen LogP contribution in [0.15, 0.2) is 133 Å². The maximum absolute atomic E-state index is 6.26. The Hall–Kier alpha value is -4.25. The zero-order valence-electron chi connectivity index (χ0n) is 25.4. The Morgan fingerprint density at radius 1 is 0.500 bits per heavy atom. The van der Waals surface area contributed by atoms with Crippen LogP contribution in [0.3, 0.4) is 0 Å². The highest BCUT2D eigenvalue weighted by Gasteiger charge is 2.10. The van der Waals surface area contributed by atoms with Crippen molar-refractivity contribution in [2.75, 3.05) is 6.54 Å². The SMILES string of the molecule is CC(CCc1ccc(OCc2ccccc2)cc1)NCCc1ccc(OCc2ccccc2)c(OCc2ccccc2)c1.Cl. The third-order valence-corrected chi connectivity index (χ3v) is 7.43. The summed E-state index contributed by atoms with van der Waals surface area (Å²) < 4.78 is 18.4. The summed E-state index contributed by atoms with van der Waals surface area (Å²) in [5.74, 6) is 2.45. The first-order valence-corrected chi connectivity index (χ1v) is 15.2. The quantitative estimate of drug-likeness (QED) is 0.121. The molecule has 5 aromatic carbocycles. The molecule has 44 heavy (non-hydrogen) atoms. The molecule has 0 spiro atoms. The Kier molecular flexibility index (Phi) is 13.2. The van der Waals surface area contributed by atoms with Crippen LogP contribution in [0.1, 0.15) is 41.2 Å². The van der Waals surface area contributed by atoms with Crippen molar-refractivity contribution in [3.63, 3.8) is 0 Å².